The molecular weight excluding hydrogens is 151 g/mol. The van der Waals surface area contributed by atoms with Crippen LogP contribution in [0.4, 0.5) is 0 Å². The number of carbonyl (C=O) groups is 2. The van der Waals surface area contributed by atoms with Gasteiger partial charge in [-0.1, -0.05) is 0 Å². The van der Waals surface area contributed by atoms with Crippen molar-refractivity contribution < 1.29 is 24.0 Å². The molecule has 0 aromatic rings. The van der Waals surface area contributed by atoms with Gasteiger partial charge in [0.05, 0.1) is 6.42 Å². The van der Waals surface area contributed by atoms with Gasteiger partial charge in [-0.05, 0) is 6.82 Å². The summed E-state index contributed by atoms with van der Waals surface area (Å²) in [6.45, 7) is 1.54. The molecule has 0 amide bonds. The number of carboxylic acid groups (broad SMARTS) is 1. The Labute approximate surface area is 63.4 Å². The molecule has 5 nitrogen and oxygen atoms in total. The minimum Gasteiger partial charge on any atom is -0.508 e. The third-order valence-electron chi connectivity index (χ3n) is 1.26. The Morgan fingerprint density at radius 2 is 2.45 bits per heavy atom. The lowest BCUT2D eigenvalue weighted by atomic mass is 9.97. The summed E-state index contributed by atoms with van der Waals surface area (Å²) in [6, 6.07) is 0. The molecule has 0 aromatic heterocycles. The summed E-state index contributed by atoms with van der Waals surface area (Å²) in [5.41, 5.74) is 0. The van der Waals surface area contributed by atoms with E-state index in [-0.39, 0.29) is 6.42 Å². The van der Waals surface area contributed by atoms with E-state index in [0.29, 0.717) is 0 Å². The fraction of sp³-hybridized carbons (Fsp3) is 0.600. The van der Waals surface area contributed by atoms with Gasteiger partial charge in [0.2, 0.25) is 0 Å². The summed E-state index contributed by atoms with van der Waals surface area (Å²) in [5, 5.41) is 8.29. The summed E-state index contributed by atoms with van der Waals surface area (Å²) in [5.74, 6) is -1.67. The largest absolute Gasteiger partial charge is 0.524 e. The number of hydrogen-bond acceptors (Lipinski definition) is 4. The molecule has 6 heteroatoms. The zero-order chi connectivity index (χ0) is 8.43. The van der Waals surface area contributed by atoms with Gasteiger partial charge in [-0.2, -0.15) is 0 Å². The van der Waals surface area contributed by atoms with E-state index in [1.54, 1.807) is 6.82 Å². The summed E-state index contributed by atoms with van der Waals surface area (Å²) in [4.78, 5) is 20.8. The third-order valence-corrected chi connectivity index (χ3v) is 1.26. The normalized spacial score (nSPS) is 23.5. The molecule has 1 heterocycles. The SMILES string of the molecule is CB1OC(=O)[C@H](CC(=O)O)O1. The summed E-state index contributed by atoms with van der Waals surface area (Å²) < 4.78 is 9.38. The van der Waals surface area contributed by atoms with Gasteiger partial charge in [-0.25, -0.2) is 0 Å². The second-order valence-electron chi connectivity index (χ2n) is 2.23. The van der Waals surface area contributed by atoms with Crippen LogP contribution in [0.15, 0.2) is 0 Å². The van der Waals surface area contributed by atoms with E-state index in [2.05, 4.69) is 4.65 Å². The van der Waals surface area contributed by atoms with Crippen molar-refractivity contribution in [3.05, 3.63) is 0 Å². The average Bonchev–Trinajstić information content (AvgIpc) is 2.09. The van der Waals surface area contributed by atoms with Crippen LogP contribution in [0.2, 0.25) is 6.82 Å². The van der Waals surface area contributed by atoms with E-state index < -0.39 is 25.2 Å². The molecule has 0 saturated carbocycles. The first-order valence-corrected chi connectivity index (χ1v) is 3.17. The van der Waals surface area contributed by atoms with Gasteiger partial charge < -0.3 is 14.4 Å². The Morgan fingerprint density at radius 3 is 2.82 bits per heavy atom. The molecule has 0 unspecified atom stereocenters. The highest BCUT2D eigenvalue weighted by atomic mass is 16.7. The van der Waals surface area contributed by atoms with Crippen molar-refractivity contribution in [1.82, 2.24) is 0 Å². The quantitative estimate of drug-likeness (QED) is 0.549. The minimum atomic E-state index is -1.07. The smallest absolute Gasteiger partial charge is 0.508 e. The Kier molecular flexibility index (Phi) is 2.14. The standard InChI is InChI=1S/C5H7BO5/c1-6-10-3(2-4(7)8)5(9)11-6/h3H,2H2,1H3,(H,7,8)/t3-/m0/s1. The van der Waals surface area contributed by atoms with Crippen molar-refractivity contribution in [2.75, 3.05) is 0 Å². The van der Waals surface area contributed by atoms with Crippen molar-refractivity contribution in [3.8, 4) is 0 Å². The Morgan fingerprint density at radius 1 is 1.82 bits per heavy atom. The molecule has 0 aromatic carbocycles. The van der Waals surface area contributed by atoms with Gasteiger partial charge in [0.1, 0.15) is 0 Å². The topological polar surface area (TPSA) is 72.8 Å². The molecule has 0 spiro atoms. The molecule has 1 atom stereocenters. The van der Waals surface area contributed by atoms with Crippen LogP contribution >= 0.6 is 0 Å². The van der Waals surface area contributed by atoms with Gasteiger partial charge in [0, 0.05) is 0 Å². The molecule has 0 bridgehead atoms. The predicted molar refractivity (Wildman–Crippen MR) is 34.8 cm³/mol. The second kappa shape index (κ2) is 2.92. The first-order chi connectivity index (χ1) is 5.09. The monoisotopic (exact) mass is 158 g/mol. The van der Waals surface area contributed by atoms with Crippen LogP contribution in [0.1, 0.15) is 6.42 Å². The third kappa shape index (κ3) is 1.94. The average molecular weight is 158 g/mol. The lowest BCUT2D eigenvalue weighted by Crippen LogP contribution is -2.20. The lowest BCUT2D eigenvalue weighted by Gasteiger charge is -1.99. The molecule has 0 radical (unpaired) electrons. The van der Waals surface area contributed by atoms with E-state index in [1.807, 2.05) is 0 Å². The minimum absolute atomic E-state index is 0.330. The van der Waals surface area contributed by atoms with Gasteiger partial charge >= 0.3 is 19.1 Å². The molecule has 1 aliphatic rings. The first-order valence-electron chi connectivity index (χ1n) is 3.17. The van der Waals surface area contributed by atoms with Crippen molar-refractivity contribution in [2.45, 2.75) is 19.3 Å². The van der Waals surface area contributed by atoms with Crippen molar-refractivity contribution >= 4 is 19.1 Å². The molecule has 1 saturated heterocycles. The number of hydrogen-bond donors (Lipinski definition) is 1. The fourth-order valence-electron chi connectivity index (χ4n) is 0.844. The maximum atomic E-state index is 10.7. The van der Waals surface area contributed by atoms with Crippen molar-refractivity contribution in [3.63, 3.8) is 0 Å². The maximum Gasteiger partial charge on any atom is 0.524 e. The highest BCUT2D eigenvalue weighted by molar-refractivity contribution is 6.47. The number of aliphatic carboxylic acids is 1. The number of carboxylic acids is 1. The Hall–Kier alpha value is -1.04. The number of carbonyl (C=O) groups excluding carboxylic acids is 1. The molecule has 11 heavy (non-hydrogen) atoms. The highest BCUT2D eigenvalue weighted by Crippen LogP contribution is 2.12. The van der Waals surface area contributed by atoms with Gasteiger partial charge in [0.25, 0.3) is 0 Å². The van der Waals surface area contributed by atoms with Crippen LogP contribution in [0, 0.1) is 0 Å². The first kappa shape index (κ1) is 8.07. The molecule has 1 fully saturated rings. The van der Waals surface area contributed by atoms with Crippen LogP contribution in [0.5, 0.6) is 0 Å². The van der Waals surface area contributed by atoms with E-state index in [1.165, 1.54) is 0 Å². The molecule has 1 aliphatic heterocycles. The van der Waals surface area contributed by atoms with E-state index in [9.17, 15) is 9.59 Å². The molecule has 0 aliphatic carbocycles. The maximum absolute atomic E-state index is 10.7. The van der Waals surface area contributed by atoms with Gasteiger partial charge in [0.15, 0.2) is 6.10 Å². The Bertz CT molecular complexity index is 191. The predicted octanol–water partition coefficient (Wildman–Crippen LogP) is -0.479. The zero-order valence-corrected chi connectivity index (χ0v) is 5.94. The summed E-state index contributed by atoms with van der Waals surface area (Å²) in [7, 11) is -0.619. The summed E-state index contributed by atoms with van der Waals surface area (Å²) in [6.07, 6.45) is -1.26. The van der Waals surface area contributed by atoms with Gasteiger partial charge in [-0.15, -0.1) is 0 Å². The zero-order valence-electron chi connectivity index (χ0n) is 5.94. The Balaban J connectivity index is 2.47. The van der Waals surface area contributed by atoms with E-state index in [0.717, 1.165) is 0 Å². The number of rotatable bonds is 2. The van der Waals surface area contributed by atoms with Crippen molar-refractivity contribution in [1.29, 1.82) is 0 Å². The lowest BCUT2D eigenvalue weighted by molar-refractivity contribution is -0.145. The molecule has 1 rings (SSSR count). The van der Waals surface area contributed by atoms with Crippen LogP contribution in [-0.4, -0.2) is 30.3 Å². The molecule has 1 N–H and O–H groups in total. The second-order valence-corrected chi connectivity index (χ2v) is 2.23. The van der Waals surface area contributed by atoms with Crippen LogP contribution in [0.25, 0.3) is 0 Å². The van der Waals surface area contributed by atoms with Crippen LogP contribution < -0.4 is 0 Å². The molecular formula is C5H7BO5. The van der Waals surface area contributed by atoms with Crippen molar-refractivity contribution in [2.24, 2.45) is 0 Å². The highest BCUT2D eigenvalue weighted by Gasteiger charge is 2.37. The molecule has 60 valence electrons. The summed E-state index contributed by atoms with van der Waals surface area (Å²) >= 11 is 0. The van der Waals surface area contributed by atoms with Crippen LogP contribution in [-0.2, 0) is 18.9 Å². The fourth-order valence-corrected chi connectivity index (χ4v) is 0.844. The van der Waals surface area contributed by atoms with Crippen LogP contribution in [0.3, 0.4) is 0 Å². The van der Waals surface area contributed by atoms with E-state index >= 15 is 0 Å². The van der Waals surface area contributed by atoms with E-state index in [4.69, 9.17) is 9.76 Å². The van der Waals surface area contributed by atoms with Gasteiger partial charge in [-0.3, -0.25) is 9.59 Å².